The minimum atomic E-state index is -0.327. The van der Waals surface area contributed by atoms with Gasteiger partial charge in [-0.25, -0.2) is 4.98 Å². The molecule has 2 heterocycles. The minimum absolute atomic E-state index is 0.0624. The van der Waals surface area contributed by atoms with E-state index in [1.165, 1.54) is 6.33 Å². The van der Waals surface area contributed by atoms with Crippen molar-refractivity contribution >= 4 is 11.8 Å². The highest BCUT2D eigenvalue weighted by atomic mass is 16.2. The number of amides is 2. The SMILES string of the molecule is Cc1cccc(C(C(=O)N2CCN(C(=O)c3ncn[nH]3)CC2)N(C)C)c1. The summed E-state index contributed by atoms with van der Waals surface area (Å²) in [5.41, 5.74) is 2.12. The molecule has 8 nitrogen and oxygen atoms in total. The van der Waals surface area contributed by atoms with Gasteiger partial charge in [0.2, 0.25) is 11.7 Å². The molecule has 1 N–H and O–H groups in total. The first kappa shape index (κ1) is 18.1. The number of H-pyrrole nitrogens is 1. The highest BCUT2D eigenvalue weighted by molar-refractivity contribution is 5.90. The van der Waals surface area contributed by atoms with Crippen LogP contribution in [0.25, 0.3) is 0 Å². The van der Waals surface area contributed by atoms with Gasteiger partial charge in [-0.05, 0) is 26.6 Å². The van der Waals surface area contributed by atoms with Gasteiger partial charge >= 0.3 is 0 Å². The summed E-state index contributed by atoms with van der Waals surface area (Å²) < 4.78 is 0. The Morgan fingerprint density at radius 2 is 1.85 bits per heavy atom. The molecule has 0 bridgehead atoms. The Kier molecular flexibility index (Phi) is 5.32. The number of carbonyl (C=O) groups is 2. The van der Waals surface area contributed by atoms with Crippen LogP contribution in [0.5, 0.6) is 0 Å². The van der Waals surface area contributed by atoms with E-state index in [4.69, 9.17) is 0 Å². The number of rotatable bonds is 4. The fourth-order valence-electron chi connectivity index (χ4n) is 3.26. The van der Waals surface area contributed by atoms with Crippen molar-refractivity contribution in [2.45, 2.75) is 13.0 Å². The van der Waals surface area contributed by atoms with Crippen molar-refractivity contribution in [3.8, 4) is 0 Å². The van der Waals surface area contributed by atoms with Crippen LogP contribution in [0.3, 0.4) is 0 Å². The standard InChI is InChI=1S/C18H24N6O2/c1-13-5-4-6-14(11-13)15(22(2)3)17(25)23-7-9-24(10-8-23)18(26)16-19-12-20-21-16/h4-6,11-12,15H,7-10H2,1-3H3,(H,19,20,21). The number of carbonyl (C=O) groups excluding carboxylic acids is 2. The molecule has 1 aliphatic heterocycles. The van der Waals surface area contributed by atoms with Crippen LogP contribution in [0.1, 0.15) is 27.8 Å². The summed E-state index contributed by atoms with van der Waals surface area (Å²) >= 11 is 0. The van der Waals surface area contributed by atoms with Crippen LogP contribution < -0.4 is 0 Å². The van der Waals surface area contributed by atoms with Gasteiger partial charge in [0, 0.05) is 26.2 Å². The fraction of sp³-hybridized carbons (Fsp3) is 0.444. The topological polar surface area (TPSA) is 85.4 Å². The molecule has 8 heteroatoms. The molecule has 1 aromatic carbocycles. The van der Waals surface area contributed by atoms with Crippen molar-refractivity contribution in [2.24, 2.45) is 0 Å². The van der Waals surface area contributed by atoms with Crippen LogP contribution in [-0.4, -0.2) is 82.0 Å². The van der Waals surface area contributed by atoms with E-state index in [2.05, 4.69) is 15.2 Å². The van der Waals surface area contributed by atoms with Gasteiger partial charge in [-0.15, -0.1) is 0 Å². The third kappa shape index (κ3) is 3.75. The summed E-state index contributed by atoms with van der Waals surface area (Å²) in [6, 6.07) is 7.70. The number of aromatic amines is 1. The van der Waals surface area contributed by atoms with Crippen molar-refractivity contribution in [3.05, 3.63) is 47.5 Å². The summed E-state index contributed by atoms with van der Waals surface area (Å²) in [7, 11) is 3.82. The normalized spacial score (nSPS) is 16.0. The average molecular weight is 356 g/mol. The number of aromatic nitrogens is 3. The molecule has 0 spiro atoms. The number of hydrogen-bond donors (Lipinski definition) is 1. The molecule has 1 saturated heterocycles. The van der Waals surface area contributed by atoms with Crippen molar-refractivity contribution < 1.29 is 9.59 Å². The van der Waals surface area contributed by atoms with Crippen molar-refractivity contribution in [2.75, 3.05) is 40.3 Å². The third-order valence-electron chi connectivity index (χ3n) is 4.60. The zero-order valence-corrected chi connectivity index (χ0v) is 15.3. The predicted octanol–water partition coefficient (Wildman–Crippen LogP) is 0.700. The zero-order chi connectivity index (χ0) is 18.7. The predicted molar refractivity (Wildman–Crippen MR) is 96.5 cm³/mol. The van der Waals surface area contributed by atoms with Gasteiger partial charge in [0.15, 0.2) is 0 Å². The molecule has 138 valence electrons. The van der Waals surface area contributed by atoms with Gasteiger partial charge in [-0.2, -0.15) is 5.10 Å². The summed E-state index contributed by atoms with van der Waals surface area (Å²) in [5.74, 6) is 0.112. The Balaban J connectivity index is 1.67. The maximum Gasteiger partial charge on any atom is 0.291 e. The number of nitrogens with one attached hydrogen (secondary N) is 1. The van der Waals surface area contributed by atoms with E-state index in [-0.39, 0.29) is 23.7 Å². The van der Waals surface area contributed by atoms with E-state index in [9.17, 15) is 9.59 Å². The fourth-order valence-corrected chi connectivity index (χ4v) is 3.26. The van der Waals surface area contributed by atoms with E-state index in [0.717, 1.165) is 11.1 Å². The Morgan fingerprint density at radius 1 is 1.15 bits per heavy atom. The zero-order valence-electron chi connectivity index (χ0n) is 15.3. The maximum atomic E-state index is 13.1. The second-order valence-electron chi connectivity index (χ2n) is 6.73. The number of aryl methyl sites for hydroxylation is 1. The number of hydrogen-bond acceptors (Lipinski definition) is 5. The molecule has 0 radical (unpaired) electrons. The van der Waals surface area contributed by atoms with Gasteiger partial charge in [0.1, 0.15) is 12.4 Å². The Hall–Kier alpha value is -2.74. The lowest BCUT2D eigenvalue weighted by molar-refractivity contribution is -0.137. The Morgan fingerprint density at radius 3 is 2.42 bits per heavy atom. The molecule has 1 unspecified atom stereocenters. The summed E-state index contributed by atoms with van der Waals surface area (Å²) in [6.07, 6.45) is 1.32. The molecule has 1 aromatic heterocycles. The van der Waals surface area contributed by atoms with Gasteiger partial charge in [-0.1, -0.05) is 29.8 Å². The molecule has 2 aromatic rings. The molecule has 26 heavy (non-hydrogen) atoms. The minimum Gasteiger partial charge on any atom is -0.337 e. The smallest absolute Gasteiger partial charge is 0.291 e. The molecule has 0 aliphatic carbocycles. The second-order valence-corrected chi connectivity index (χ2v) is 6.73. The third-order valence-corrected chi connectivity index (χ3v) is 4.60. The summed E-state index contributed by atoms with van der Waals surface area (Å²) in [6.45, 7) is 4.01. The van der Waals surface area contributed by atoms with Crippen LogP contribution in [-0.2, 0) is 4.79 Å². The molecule has 1 atom stereocenters. The van der Waals surface area contributed by atoms with Crippen LogP contribution in [0.4, 0.5) is 0 Å². The number of benzene rings is 1. The first-order chi connectivity index (χ1) is 12.5. The molecule has 1 fully saturated rings. The highest BCUT2D eigenvalue weighted by Crippen LogP contribution is 2.23. The van der Waals surface area contributed by atoms with Gasteiger partial charge < -0.3 is 9.80 Å². The molecular formula is C18H24N6O2. The largest absolute Gasteiger partial charge is 0.337 e. The monoisotopic (exact) mass is 356 g/mol. The van der Waals surface area contributed by atoms with E-state index in [0.29, 0.717) is 26.2 Å². The van der Waals surface area contributed by atoms with Crippen LogP contribution >= 0.6 is 0 Å². The van der Waals surface area contributed by atoms with E-state index in [1.807, 2.05) is 55.1 Å². The lowest BCUT2D eigenvalue weighted by atomic mass is 10.0. The quantitative estimate of drug-likeness (QED) is 0.872. The van der Waals surface area contributed by atoms with E-state index >= 15 is 0 Å². The van der Waals surface area contributed by atoms with Crippen molar-refractivity contribution in [1.82, 2.24) is 29.9 Å². The number of piperazine rings is 1. The lowest BCUT2D eigenvalue weighted by Gasteiger charge is -2.37. The highest BCUT2D eigenvalue weighted by Gasteiger charge is 2.31. The van der Waals surface area contributed by atoms with Crippen LogP contribution in [0.2, 0.25) is 0 Å². The molecule has 2 amide bonds. The van der Waals surface area contributed by atoms with Crippen LogP contribution in [0.15, 0.2) is 30.6 Å². The molecule has 0 saturated carbocycles. The van der Waals surface area contributed by atoms with Gasteiger partial charge in [-0.3, -0.25) is 19.6 Å². The van der Waals surface area contributed by atoms with E-state index in [1.54, 1.807) is 4.90 Å². The number of likely N-dealkylation sites (N-methyl/N-ethyl adjacent to an activating group) is 1. The maximum absolute atomic E-state index is 13.1. The molecule has 3 rings (SSSR count). The lowest BCUT2D eigenvalue weighted by Crippen LogP contribution is -2.53. The molecule has 1 aliphatic rings. The van der Waals surface area contributed by atoms with E-state index < -0.39 is 0 Å². The van der Waals surface area contributed by atoms with Gasteiger partial charge in [0.25, 0.3) is 5.91 Å². The second kappa shape index (κ2) is 7.65. The first-order valence-corrected chi connectivity index (χ1v) is 8.64. The average Bonchev–Trinajstić information content (AvgIpc) is 3.16. The van der Waals surface area contributed by atoms with Gasteiger partial charge in [0.05, 0.1) is 0 Å². The van der Waals surface area contributed by atoms with Crippen molar-refractivity contribution in [1.29, 1.82) is 0 Å². The Labute approximate surface area is 152 Å². The summed E-state index contributed by atoms with van der Waals surface area (Å²) in [5, 5.41) is 6.30. The van der Waals surface area contributed by atoms with Crippen LogP contribution in [0, 0.1) is 6.92 Å². The Bertz CT molecular complexity index is 766. The van der Waals surface area contributed by atoms with Crippen molar-refractivity contribution in [3.63, 3.8) is 0 Å². The first-order valence-electron chi connectivity index (χ1n) is 8.64. The number of nitrogens with zero attached hydrogens (tertiary/aromatic N) is 5. The summed E-state index contributed by atoms with van der Waals surface area (Å²) in [4.78, 5) is 34.8. The molecular weight excluding hydrogens is 332 g/mol.